The Labute approximate surface area is 63.0 Å². The Hall–Kier alpha value is -0.920. The maximum atomic E-state index is 3.73. The molecular weight excluding hydrogens is 124 g/mol. The molecule has 0 heterocycles. The molecule has 0 aliphatic rings. The zero-order valence-corrected chi connectivity index (χ0v) is 6.78. The van der Waals surface area contributed by atoms with Gasteiger partial charge in [0.2, 0.25) is 0 Å². The van der Waals surface area contributed by atoms with E-state index in [2.05, 4.69) is 24.1 Å². The van der Waals surface area contributed by atoms with E-state index in [0.29, 0.717) is 0 Å². The Kier molecular flexibility index (Phi) is 5.63. The topological polar surface area (TPSA) is 24.1 Å². The number of hydrogen-bond acceptors (Lipinski definition) is 2. The molecule has 0 amide bonds. The van der Waals surface area contributed by atoms with Crippen LogP contribution in [0.25, 0.3) is 0 Å². The molecule has 0 aromatic carbocycles. The summed E-state index contributed by atoms with van der Waals surface area (Å²) >= 11 is 0. The van der Waals surface area contributed by atoms with Gasteiger partial charge in [0.15, 0.2) is 0 Å². The second-order valence-corrected chi connectivity index (χ2v) is 2.06. The summed E-state index contributed by atoms with van der Waals surface area (Å²) in [6, 6.07) is 0. The van der Waals surface area contributed by atoms with Gasteiger partial charge in [-0.25, -0.2) is 0 Å². The van der Waals surface area contributed by atoms with Crippen molar-refractivity contribution < 1.29 is 0 Å². The fourth-order valence-corrected chi connectivity index (χ4v) is 0.471. The second kappa shape index (κ2) is 6.20. The summed E-state index contributed by atoms with van der Waals surface area (Å²) in [6.45, 7) is 6.89. The molecule has 0 aliphatic carbocycles. The highest BCUT2D eigenvalue weighted by atomic mass is 14.8. The summed E-state index contributed by atoms with van der Waals surface area (Å²) in [7, 11) is 1.85. The van der Waals surface area contributed by atoms with E-state index >= 15 is 0 Å². The van der Waals surface area contributed by atoms with Crippen molar-refractivity contribution in [3.05, 3.63) is 24.6 Å². The molecule has 0 bridgehead atoms. The molecular formula is C8H16N2. The summed E-state index contributed by atoms with van der Waals surface area (Å²) in [5.74, 6) is 0. The van der Waals surface area contributed by atoms with E-state index < -0.39 is 0 Å². The van der Waals surface area contributed by atoms with Crippen molar-refractivity contribution in [3.63, 3.8) is 0 Å². The molecule has 10 heavy (non-hydrogen) atoms. The van der Waals surface area contributed by atoms with Gasteiger partial charge in [-0.05, 0) is 18.7 Å². The van der Waals surface area contributed by atoms with Crippen LogP contribution in [0.3, 0.4) is 0 Å². The molecule has 0 unspecified atom stereocenters. The minimum atomic E-state index is 0.920. The summed E-state index contributed by atoms with van der Waals surface area (Å²) < 4.78 is 0. The standard InChI is InChI=1S/C8H16N2/c1-4-6-10-7-5-8(2)9-3/h5,7,9-10H,2,4,6H2,1,3H3/b7-5+. The van der Waals surface area contributed by atoms with Crippen molar-refractivity contribution >= 4 is 0 Å². The quantitative estimate of drug-likeness (QED) is 0.443. The Morgan fingerprint density at radius 3 is 2.80 bits per heavy atom. The highest BCUT2D eigenvalue weighted by molar-refractivity contribution is 5.10. The zero-order chi connectivity index (χ0) is 7.82. The second-order valence-electron chi connectivity index (χ2n) is 2.06. The predicted octanol–water partition coefficient (Wildman–Crippen LogP) is 1.23. The van der Waals surface area contributed by atoms with Crippen LogP contribution in [0.2, 0.25) is 0 Å². The van der Waals surface area contributed by atoms with Gasteiger partial charge < -0.3 is 10.6 Å². The number of nitrogens with one attached hydrogen (secondary N) is 2. The van der Waals surface area contributed by atoms with E-state index in [1.54, 1.807) is 0 Å². The van der Waals surface area contributed by atoms with Crippen LogP contribution in [0.15, 0.2) is 24.6 Å². The zero-order valence-electron chi connectivity index (χ0n) is 6.78. The van der Waals surface area contributed by atoms with Gasteiger partial charge in [-0.15, -0.1) is 0 Å². The molecule has 0 atom stereocenters. The number of likely N-dealkylation sites (N-methyl/N-ethyl adjacent to an activating group) is 1. The van der Waals surface area contributed by atoms with E-state index in [4.69, 9.17) is 0 Å². The first-order valence-electron chi connectivity index (χ1n) is 3.57. The first-order valence-corrected chi connectivity index (χ1v) is 3.57. The van der Waals surface area contributed by atoms with Crippen LogP contribution >= 0.6 is 0 Å². The maximum absolute atomic E-state index is 3.73. The van der Waals surface area contributed by atoms with Crippen LogP contribution in [0.1, 0.15) is 13.3 Å². The van der Waals surface area contributed by atoms with Crippen molar-refractivity contribution in [1.82, 2.24) is 10.6 Å². The monoisotopic (exact) mass is 140 g/mol. The Balaban J connectivity index is 3.27. The third kappa shape index (κ3) is 5.22. The van der Waals surface area contributed by atoms with Crippen molar-refractivity contribution in [3.8, 4) is 0 Å². The normalized spacial score (nSPS) is 9.80. The van der Waals surface area contributed by atoms with Crippen LogP contribution in [-0.4, -0.2) is 13.6 Å². The van der Waals surface area contributed by atoms with Crippen LogP contribution in [0, 0.1) is 0 Å². The van der Waals surface area contributed by atoms with Crippen LogP contribution in [-0.2, 0) is 0 Å². The fraction of sp³-hybridized carbons (Fsp3) is 0.500. The van der Waals surface area contributed by atoms with Crippen LogP contribution < -0.4 is 10.6 Å². The SMILES string of the molecule is C=C(/C=C/NCCC)NC. The summed E-state index contributed by atoms with van der Waals surface area (Å²) in [6.07, 6.45) is 4.97. The molecule has 0 aromatic rings. The molecule has 58 valence electrons. The van der Waals surface area contributed by atoms with Crippen LogP contribution in [0.4, 0.5) is 0 Å². The van der Waals surface area contributed by atoms with Gasteiger partial charge in [-0.2, -0.15) is 0 Å². The average Bonchev–Trinajstić information content (AvgIpc) is 1.98. The highest BCUT2D eigenvalue weighted by Crippen LogP contribution is 1.81. The lowest BCUT2D eigenvalue weighted by molar-refractivity contribution is 0.807. The van der Waals surface area contributed by atoms with Gasteiger partial charge in [0, 0.05) is 19.3 Å². The van der Waals surface area contributed by atoms with E-state index in [0.717, 1.165) is 18.7 Å². The lowest BCUT2D eigenvalue weighted by Crippen LogP contribution is -2.07. The summed E-state index contributed by atoms with van der Waals surface area (Å²) in [5.41, 5.74) is 0.920. The smallest absolute Gasteiger partial charge is 0.0278 e. The maximum Gasteiger partial charge on any atom is 0.0278 e. The highest BCUT2D eigenvalue weighted by Gasteiger charge is 1.77. The molecule has 0 saturated heterocycles. The summed E-state index contributed by atoms with van der Waals surface area (Å²) in [4.78, 5) is 0. The molecule has 2 nitrogen and oxygen atoms in total. The Morgan fingerprint density at radius 2 is 2.30 bits per heavy atom. The van der Waals surface area contributed by atoms with E-state index in [1.165, 1.54) is 0 Å². The van der Waals surface area contributed by atoms with E-state index in [1.807, 2.05) is 19.3 Å². The van der Waals surface area contributed by atoms with Crippen molar-refractivity contribution in [1.29, 1.82) is 0 Å². The minimum absolute atomic E-state index is 0.920. The van der Waals surface area contributed by atoms with Gasteiger partial charge in [0.25, 0.3) is 0 Å². The lowest BCUT2D eigenvalue weighted by Gasteiger charge is -1.97. The molecule has 2 N–H and O–H groups in total. The van der Waals surface area contributed by atoms with Gasteiger partial charge in [-0.1, -0.05) is 13.5 Å². The van der Waals surface area contributed by atoms with E-state index in [9.17, 15) is 0 Å². The number of hydrogen-bond donors (Lipinski definition) is 2. The lowest BCUT2D eigenvalue weighted by atomic mass is 10.4. The molecule has 2 heteroatoms. The number of allylic oxidation sites excluding steroid dienone is 1. The largest absolute Gasteiger partial charge is 0.391 e. The summed E-state index contributed by atoms with van der Waals surface area (Å²) in [5, 5.41) is 6.04. The Morgan fingerprint density at radius 1 is 1.60 bits per heavy atom. The third-order valence-electron chi connectivity index (χ3n) is 1.12. The van der Waals surface area contributed by atoms with Gasteiger partial charge >= 0.3 is 0 Å². The molecule has 0 fully saturated rings. The first kappa shape index (κ1) is 9.08. The van der Waals surface area contributed by atoms with Gasteiger partial charge in [0.1, 0.15) is 0 Å². The molecule has 0 saturated carbocycles. The first-order chi connectivity index (χ1) is 4.81. The van der Waals surface area contributed by atoms with Crippen molar-refractivity contribution in [2.75, 3.05) is 13.6 Å². The van der Waals surface area contributed by atoms with Gasteiger partial charge in [0.05, 0.1) is 0 Å². The minimum Gasteiger partial charge on any atom is -0.391 e. The molecule has 0 radical (unpaired) electrons. The van der Waals surface area contributed by atoms with E-state index in [-0.39, 0.29) is 0 Å². The molecule has 0 aliphatic heterocycles. The Bertz CT molecular complexity index is 116. The number of rotatable bonds is 5. The van der Waals surface area contributed by atoms with Crippen molar-refractivity contribution in [2.24, 2.45) is 0 Å². The molecule has 0 rings (SSSR count). The average molecular weight is 140 g/mol. The third-order valence-corrected chi connectivity index (χ3v) is 1.12. The van der Waals surface area contributed by atoms with Crippen LogP contribution in [0.5, 0.6) is 0 Å². The molecule has 0 aromatic heterocycles. The van der Waals surface area contributed by atoms with Gasteiger partial charge in [-0.3, -0.25) is 0 Å². The molecule has 0 spiro atoms. The fourth-order valence-electron chi connectivity index (χ4n) is 0.471. The van der Waals surface area contributed by atoms with Crippen molar-refractivity contribution in [2.45, 2.75) is 13.3 Å². The predicted molar refractivity (Wildman–Crippen MR) is 45.6 cm³/mol.